The topological polar surface area (TPSA) is 47.9 Å². The second kappa shape index (κ2) is 5.35. The summed E-state index contributed by atoms with van der Waals surface area (Å²) in [5, 5.41) is 16.6. The van der Waals surface area contributed by atoms with Crippen molar-refractivity contribution in [3.05, 3.63) is 34.1 Å². The molecule has 1 aliphatic carbocycles. The van der Waals surface area contributed by atoms with Crippen molar-refractivity contribution in [3.8, 4) is 0 Å². The maximum Gasteiger partial charge on any atom is 0.175 e. The molecule has 1 saturated carbocycles. The Balaban J connectivity index is 1.64. The first-order valence-electron chi connectivity index (χ1n) is 8.25. The molecule has 6 heteroatoms. The molecule has 4 nitrogen and oxygen atoms in total. The quantitative estimate of drug-likeness (QED) is 0.377. The van der Waals surface area contributed by atoms with Crippen molar-refractivity contribution in [1.29, 1.82) is 0 Å². The minimum Gasteiger partial charge on any atom is -0.409 e. The van der Waals surface area contributed by atoms with E-state index in [9.17, 15) is 9.60 Å². The number of hydrogen-bond acceptors (Lipinski definition) is 3. The standard InChI is InChI=1S/C17H21ClFN3O/c1-10-13(18)3-2-12(14(10)19)16(21-23)20-15-11-4-8-22(9-5-11)17(15)6-7-17/h2-3,11,15,23H,4-9H2,1H3,(H,20,21)/t15-/m1/s1. The number of nitrogens with one attached hydrogen (secondary N) is 1. The summed E-state index contributed by atoms with van der Waals surface area (Å²) in [6, 6.07) is 3.45. The van der Waals surface area contributed by atoms with Gasteiger partial charge in [-0.1, -0.05) is 16.8 Å². The molecular weight excluding hydrogens is 317 g/mol. The van der Waals surface area contributed by atoms with Crippen molar-refractivity contribution < 1.29 is 9.60 Å². The van der Waals surface area contributed by atoms with Gasteiger partial charge in [0.1, 0.15) is 5.82 Å². The van der Waals surface area contributed by atoms with Gasteiger partial charge in [-0.2, -0.15) is 0 Å². The molecule has 0 radical (unpaired) electrons. The summed E-state index contributed by atoms with van der Waals surface area (Å²) in [5.74, 6) is 0.354. The van der Waals surface area contributed by atoms with Crippen LogP contribution in [0.15, 0.2) is 17.3 Å². The van der Waals surface area contributed by atoms with Gasteiger partial charge in [-0.25, -0.2) is 4.39 Å². The van der Waals surface area contributed by atoms with Crippen molar-refractivity contribution in [2.45, 2.75) is 44.2 Å². The maximum absolute atomic E-state index is 14.5. The molecule has 23 heavy (non-hydrogen) atoms. The average Bonchev–Trinajstić information content (AvgIpc) is 3.35. The number of hydrogen-bond donors (Lipinski definition) is 2. The molecule has 124 valence electrons. The van der Waals surface area contributed by atoms with Crippen molar-refractivity contribution in [2.24, 2.45) is 11.1 Å². The lowest BCUT2D eigenvalue weighted by Crippen LogP contribution is -2.65. The van der Waals surface area contributed by atoms with E-state index in [1.54, 1.807) is 19.1 Å². The van der Waals surface area contributed by atoms with E-state index in [4.69, 9.17) is 11.6 Å². The van der Waals surface area contributed by atoms with Crippen LogP contribution in [0.1, 0.15) is 36.8 Å². The highest BCUT2D eigenvalue weighted by Gasteiger charge is 2.60. The van der Waals surface area contributed by atoms with Crippen LogP contribution in [0.3, 0.4) is 0 Å². The fraction of sp³-hybridized carbons (Fsp3) is 0.588. The lowest BCUT2D eigenvalue weighted by molar-refractivity contribution is 0.00443. The third kappa shape index (κ3) is 2.24. The van der Waals surface area contributed by atoms with E-state index >= 15 is 0 Å². The van der Waals surface area contributed by atoms with E-state index in [0.29, 0.717) is 16.5 Å². The molecule has 3 saturated heterocycles. The number of halogens is 2. The minimum atomic E-state index is -0.427. The predicted octanol–water partition coefficient (Wildman–Crippen LogP) is 3.14. The predicted molar refractivity (Wildman–Crippen MR) is 87.7 cm³/mol. The molecule has 2 N–H and O–H groups in total. The number of nitrogens with zero attached hydrogens (tertiary/aromatic N) is 2. The van der Waals surface area contributed by atoms with E-state index in [1.165, 1.54) is 12.8 Å². The van der Waals surface area contributed by atoms with Crippen molar-refractivity contribution in [1.82, 2.24) is 10.2 Å². The summed E-state index contributed by atoms with van der Waals surface area (Å²) in [6.45, 7) is 3.94. The molecule has 1 atom stereocenters. The highest BCUT2D eigenvalue weighted by atomic mass is 35.5. The van der Waals surface area contributed by atoms with Crippen molar-refractivity contribution in [2.75, 3.05) is 13.1 Å². The number of rotatable bonds is 2. The molecule has 2 bridgehead atoms. The molecule has 3 aliphatic heterocycles. The first-order valence-corrected chi connectivity index (χ1v) is 8.63. The highest BCUT2D eigenvalue weighted by molar-refractivity contribution is 6.31. The Labute approximate surface area is 140 Å². The monoisotopic (exact) mass is 337 g/mol. The van der Waals surface area contributed by atoms with E-state index < -0.39 is 5.82 Å². The van der Waals surface area contributed by atoms with Crippen LogP contribution in [0, 0.1) is 18.7 Å². The lowest BCUT2D eigenvalue weighted by atomic mass is 9.76. The molecular formula is C17H21ClFN3O. The molecule has 0 aromatic heterocycles. The van der Waals surface area contributed by atoms with Crippen molar-refractivity contribution >= 4 is 17.4 Å². The van der Waals surface area contributed by atoms with Gasteiger partial charge in [0.15, 0.2) is 5.84 Å². The van der Waals surface area contributed by atoms with Gasteiger partial charge in [0.2, 0.25) is 0 Å². The highest BCUT2D eigenvalue weighted by Crippen LogP contribution is 2.53. The molecule has 1 spiro atoms. The van der Waals surface area contributed by atoms with Gasteiger partial charge < -0.3 is 10.5 Å². The zero-order chi connectivity index (χ0) is 16.2. The molecule has 1 aromatic carbocycles. The zero-order valence-corrected chi connectivity index (χ0v) is 13.9. The SMILES string of the molecule is Cc1c(Cl)ccc(/C(=N\O)N[C@@H]2C3CCN(CC3)C23CC3)c1F. The molecule has 5 rings (SSSR count). The lowest BCUT2D eigenvalue weighted by Gasteiger charge is -2.52. The number of fused-ring (bicyclic) bond motifs is 2. The Morgan fingerprint density at radius 2 is 2.09 bits per heavy atom. The molecule has 1 aromatic rings. The molecule has 0 unspecified atom stereocenters. The second-order valence-electron chi connectivity index (χ2n) is 7.03. The van der Waals surface area contributed by atoms with Crippen LogP contribution in [-0.4, -0.2) is 40.6 Å². The Hall–Kier alpha value is -1.33. The van der Waals surface area contributed by atoms with Gasteiger partial charge in [-0.05, 0) is 63.7 Å². The summed E-state index contributed by atoms with van der Waals surface area (Å²) < 4.78 is 14.5. The van der Waals surface area contributed by atoms with E-state index in [1.807, 2.05) is 0 Å². The Kier molecular flexibility index (Phi) is 3.54. The zero-order valence-electron chi connectivity index (χ0n) is 13.1. The number of piperidine rings is 3. The van der Waals surface area contributed by atoms with E-state index in [0.717, 1.165) is 25.9 Å². The minimum absolute atomic E-state index is 0.190. The van der Waals surface area contributed by atoms with Crippen LogP contribution in [0.2, 0.25) is 5.02 Å². The smallest absolute Gasteiger partial charge is 0.175 e. The Morgan fingerprint density at radius 1 is 1.39 bits per heavy atom. The van der Waals surface area contributed by atoms with Crippen LogP contribution in [0.25, 0.3) is 0 Å². The first-order chi connectivity index (χ1) is 11.1. The average molecular weight is 338 g/mol. The third-order valence-electron chi connectivity index (χ3n) is 5.95. The maximum atomic E-state index is 14.5. The Bertz CT molecular complexity index is 666. The van der Waals surface area contributed by atoms with Gasteiger partial charge in [0.05, 0.1) is 5.56 Å². The first kappa shape index (κ1) is 15.2. The largest absolute Gasteiger partial charge is 0.409 e. The van der Waals surface area contributed by atoms with Gasteiger partial charge in [-0.3, -0.25) is 4.90 Å². The van der Waals surface area contributed by atoms with Gasteiger partial charge in [0.25, 0.3) is 0 Å². The van der Waals surface area contributed by atoms with E-state index in [2.05, 4.69) is 15.4 Å². The van der Waals surface area contributed by atoms with Gasteiger partial charge in [-0.15, -0.1) is 0 Å². The molecule has 3 heterocycles. The third-order valence-corrected chi connectivity index (χ3v) is 6.36. The molecule has 0 amide bonds. The van der Waals surface area contributed by atoms with Gasteiger partial charge >= 0.3 is 0 Å². The van der Waals surface area contributed by atoms with Crippen LogP contribution in [0.5, 0.6) is 0 Å². The number of amidine groups is 1. The molecule has 4 aliphatic rings. The molecule has 4 fully saturated rings. The normalized spacial score (nSPS) is 31.4. The summed E-state index contributed by atoms with van der Waals surface area (Å²) in [6.07, 6.45) is 4.64. The fourth-order valence-electron chi connectivity index (χ4n) is 4.47. The number of benzene rings is 1. The number of oxime groups is 1. The summed E-state index contributed by atoms with van der Waals surface area (Å²) in [5.41, 5.74) is 0.846. The van der Waals surface area contributed by atoms with Crippen LogP contribution < -0.4 is 5.32 Å². The summed E-state index contributed by atoms with van der Waals surface area (Å²) in [7, 11) is 0. The second-order valence-corrected chi connectivity index (χ2v) is 7.44. The summed E-state index contributed by atoms with van der Waals surface area (Å²) >= 11 is 5.96. The van der Waals surface area contributed by atoms with Crippen LogP contribution in [-0.2, 0) is 0 Å². The van der Waals surface area contributed by atoms with Gasteiger partial charge in [0, 0.05) is 22.2 Å². The van der Waals surface area contributed by atoms with Crippen LogP contribution >= 0.6 is 11.6 Å². The summed E-state index contributed by atoms with van der Waals surface area (Å²) in [4.78, 5) is 2.56. The Morgan fingerprint density at radius 3 is 2.70 bits per heavy atom. The van der Waals surface area contributed by atoms with E-state index in [-0.39, 0.29) is 23.0 Å². The fourth-order valence-corrected chi connectivity index (χ4v) is 4.62. The van der Waals surface area contributed by atoms with Crippen molar-refractivity contribution in [3.63, 3.8) is 0 Å². The van der Waals surface area contributed by atoms with Crippen LogP contribution in [0.4, 0.5) is 4.39 Å².